The highest BCUT2D eigenvalue weighted by molar-refractivity contribution is 6.05. The van der Waals surface area contributed by atoms with Crippen LogP contribution in [-0.2, 0) is 16.1 Å². The van der Waals surface area contributed by atoms with E-state index >= 15 is 0 Å². The summed E-state index contributed by atoms with van der Waals surface area (Å²) in [7, 11) is 0. The van der Waals surface area contributed by atoms with Gasteiger partial charge in [0.05, 0.1) is 17.9 Å². The molecule has 1 unspecified atom stereocenters. The number of nitrogens with zero attached hydrogens (tertiary/aromatic N) is 1. The third-order valence-corrected chi connectivity index (χ3v) is 6.19. The zero-order valence-corrected chi connectivity index (χ0v) is 15.8. The highest BCUT2D eigenvalue weighted by Gasteiger charge is 2.49. The van der Waals surface area contributed by atoms with Crippen LogP contribution in [0.4, 0.5) is 0 Å². The number of hydrogen-bond donors (Lipinski definition) is 1. The molecule has 3 atom stereocenters. The van der Waals surface area contributed by atoms with Crippen molar-refractivity contribution >= 4 is 11.8 Å². The summed E-state index contributed by atoms with van der Waals surface area (Å²) in [4.78, 5) is 28.4. The summed E-state index contributed by atoms with van der Waals surface area (Å²) in [6, 6.07) is 9.40. The molecule has 138 valence electrons. The van der Waals surface area contributed by atoms with Crippen LogP contribution in [0.15, 0.2) is 36.4 Å². The maximum absolute atomic E-state index is 12.8. The molecule has 1 saturated heterocycles. The molecule has 0 aromatic heterocycles. The van der Waals surface area contributed by atoms with Gasteiger partial charge in [0.1, 0.15) is 6.54 Å². The highest BCUT2D eigenvalue weighted by atomic mass is 16.2. The van der Waals surface area contributed by atoms with Gasteiger partial charge in [0, 0.05) is 18.4 Å². The number of allylic oxidation sites excluding steroid dienone is 2. The van der Waals surface area contributed by atoms with Crippen LogP contribution in [0.5, 0.6) is 0 Å². The number of hydrogen-bond acceptors (Lipinski definition) is 2. The van der Waals surface area contributed by atoms with Gasteiger partial charge >= 0.3 is 0 Å². The van der Waals surface area contributed by atoms with E-state index in [4.69, 9.17) is 0 Å². The van der Waals surface area contributed by atoms with Crippen molar-refractivity contribution in [1.29, 1.82) is 0 Å². The van der Waals surface area contributed by atoms with Crippen molar-refractivity contribution in [3.8, 4) is 0 Å². The second-order valence-corrected chi connectivity index (χ2v) is 8.42. The summed E-state index contributed by atoms with van der Waals surface area (Å²) in [6.45, 7) is 5.82. The quantitative estimate of drug-likeness (QED) is 0.630. The molecule has 4 rings (SSSR count). The lowest BCUT2D eigenvalue weighted by molar-refractivity contribution is -0.932. The van der Waals surface area contributed by atoms with Gasteiger partial charge in [-0.2, -0.15) is 0 Å². The van der Waals surface area contributed by atoms with E-state index in [2.05, 4.69) is 50.3 Å². The van der Waals surface area contributed by atoms with E-state index in [1.165, 1.54) is 28.9 Å². The van der Waals surface area contributed by atoms with E-state index in [1.807, 2.05) is 0 Å². The number of imide groups is 1. The van der Waals surface area contributed by atoms with Crippen LogP contribution >= 0.6 is 0 Å². The molecular weight excluding hydrogens is 324 g/mol. The zero-order valence-electron chi connectivity index (χ0n) is 15.8. The second kappa shape index (κ2) is 6.99. The summed E-state index contributed by atoms with van der Waals surface area (Å²) in [5, 5.41) is 0. The van der Waals surface area contributed by atoms with Gasteiger partial charge in [0.2, 0.25) is 11.8 Å². The van der Waals surface area contributed by atoms with Crippen molar-refractivity contribution in [2.75, 3.05) is 6.67 Å². The predicted molar refractivity (Wildman–Crippen MR) is 100 cm³/mol. The Labute approximate surface area is 155 Å². The Kier molecular flexibility index (Phi) is 4.70. The number of quaternary nitrogens is 1. The van der Waals surface area contributed by atoms with Crippen molar-refractivity contribution in [3.63, 3.8) is 0 Å². The summed E-state index contributed by atoms with van der Waals surface area (Å²) < 4.78 is 0. The van der Waals surface area contributed by atoms with Gasteiger partial charge in [-0.3, -0.25) is 9.59 Å². The Balaban J connectivity index is 1.46. The van der Waals surface area contributed by atoms with Gasteiger partial charge in [-0.15, -0.1) is 0 Å². The molecule has 0 bridgehead atoms. The smallest absolute Gasteiger partial charge is 0.237 e. The first-order valence-corrected chi connectivity index (χ1v) is 9.98. The normalized spacial score (nSPS) is 26.5. The summed E-state index contributed by atoms with van der Waals surface area (Å²) in [6.07, 6.45) is 7.95. The van der Waals surface area contributed by atoms with Crippen molar-refractivity contribution in [3.05, 3.63) is 47.5 Å². The molecule has 2 amide bonds. The van der Waals surface area contributed by atoms with E-state index in [-0.39, 0.29) is 23.7 Å². The molecule has 26 heavy (non-hydrogen) atoms. The maximum atomic E-state index is 12.8. The Bertz CT molecular complexity index is 692. The van der Waals surface area contributed by atoms with Gasteiger partial charge < -0.3 is 4.90 Å². The van der Waals surface area contributed by atoms with Gasteiger partial charge in [-0.05, 0) is 24.3 Å². The van der Waals surface area contributed by atoms with Crippen molar-refractivity contribution in [2.45, 2.75) is 58.0 Å². The fraction of sp³-hybridized carbons (Fsp3) is 0.545. The van der Waals surface area contributed by atoms with Crippen LogP contribution in [0.1, 0.15) is 56.6 Å². The molecular formula is C22H29N2O2+. The first-order valence-electron chi connectivity index (χ1n) is 9.98. The molecule has 1 aromatic rings. The molecule has 1 heterocycles. The van der Waals surface area contributed by atoms with Crippen LogP contribution in [0.2, 0.25) is 0 Å². The average molecular weight is 353 g/mol. The van der Waals surface area contributed by atoms with E-state index in [0.29, 0.717) is 18.6 Å². The van der Waals surface area contributed by atoms with Crippen LogP contribution in [0.3, 0.4) is 0 Å². The fourth-order valence-electron chi connectivity index (χ4n) is 4.33. The van der Waals surface area contributed by atoms with Crippen LogP contribution in [-0.4, -0.2) is 29.4 Å². The topological polar surface area (TPSA) is 41.8 Å². The molecule has 2 aliphatic carbocycles. The molecule has 2 fully saturated rings. The van der Waals surface area contributed by atoms with Gasteiger partial charge in [-0.1, -0.05) is 50.3 Å². The summed E-state index contributed by atoms with van der Waals surface area (Å²) >= 11 is 0. The lowest BCUT2D eigenvalue weighted by atomic mass is 9.85. The van der Waals surface area contributed by atoms with Crippen LogP contribution < -0.4 is 4.90 Å². The van der Waals surface area contributed by atoms with E-state index < -0.39 is 0 Å². The highest BCUT2D eigenvalue weighted by Crippen LogP contribution is 2.34. The molecule has 1 N–H and O–H groups in total. The van der Waals surface area contributed by atoms with Crippen molar-refractivity contribution in [2.24, 2.45) is 11.8 Å². The standard InChI is InChI=1S/C22H28N2O2/c1-15(2)17-9-7-16(8-10-17)13-23(18-11-12-18)14-24-21(25)19-5-3-4-6-20(19)22(24)26/h3-4,7-10,15,18-20H,5-6,11-14H2,1-2H3/p+1/t19-,20-/m0/s1. The van der Waals surface area contributed by atoms with Gasteiger partial charge in [0.25, 0.3) is 0 Å². The number of likely N-dealkylation sites (tertiary alicyclic amines) is 1. The monoisotopic (exact) mass is 353 g/mol. The lowest BCUT2D eigenvalue weighted by Crippen LogP contribution is -3.13. The molecule has 1 aliphatic heterocycles. The SMILES string of the molecule is CC(C)c1ccc(C[NH+](CN2C(=O)[C@H]3CC=CC[C@@H]3C2=O)C2CC2)cc1. The molecule has 4 nitrogen and oxygen atoms in total. The minimum absolute atomic E-state index is 0.0534. The third kappa shape index (κ3) is 3.35. The first-order chi connectivity index (χ1) is 12.5. The molecule has 1 aromatic carbocycles. The number of carbonyl (C=O) groups excluding carboxylic acids is 2. The second-order valence-electron chi connectivity index (χ2n) is 8.42. The summed E-state index contributed by atoms with van der Waals surface area (Å²) in [5.41, 5.74) is 2.64. The van der Waals surface area contributed by atoms with E-state index in [1.54, 1.807) is 4.90 Å². The van der Waals surface area contributed by atoms with Gasteiger partial charge in [0.15, 0.2) is 6.67 Å². The maximum Gasteiger partial charge on any atom is 0.237 e. The number of fused-ring (bicyclic) bond motifs is 1. The van der Waals surface area contributed by atoms with Crippen molar-refractivity contribution in [1.82, 2.24) is 4.90 Å². The minimum Gasteiger partial charge on any atom is -0.311 e. The number of carbonyl (C=O) groups is 2. The van der Waals surface area contributed by atoms with Crippen molar-refractivity contribution < 1.29 is 14.5 Å². The Hall–Kier alpha value is -1.94. The minimum atomic E-state index is -0.113. The molecule has 3 aliphatic rings. The number of rotatable bonds is 6. The fourth-order valence-corrected chi connectivity index (χ4v) is 4.33. The third-order valence-electron chi connectivity index (χ3n) is 6.19. The Morgan fingerprint density at radius 2 is 1.58 bits per heavy atom. The predicted octanol–water partition coefficient (Wildman–Crippen LogP) is 2.27. The van der Waals surface area contributed by atoms with Crippen LogP contribution in [0.25, 0.3) is 0 Å². The first kappa shape index (κ1) is 17.5. The zero-order chi connectivity index (χ0) is 18.3. The molecule has 0 spiro atoms. The molecule has 4 heteroatoms. The summed E-state index contributed by atoms with van der Waals surface area (Å²) in [5.74, 6) is 0.416. The van der Waals surface area contributed by atoms with E-state index in [9.17, 15) is 9.59 Å². The van der Waals surface area contributed by atoms with E-state index in [0.717, 1.165) is 19.4 Å². The number of nitrogens with one attached hydrogen (secondary N) is 1. The van der Waals surface area contributed by atoms with Gasteiger partial charge in [-0.25, -0.2) is 4.90 Å². The molecule has 0 radical (unpaired) electrons. The Morgan fingerprint density at radius 3 is 2.08 bits per heavy atom. The number of benzene rings is 1. The average Bonchev–Trinajstić information content (AvgIpc) is 3.46. The molecule has 1 saturated carbocycles. The number of amides is 2. The van der Waals surface area contributed by atoms with Crippen LogP contribution in [0, 0.1) is 11.8 Å². The Morgan fingerprint density at radius 1 is 1.00 bits per heavy atom. The largest absolute Gasteiger partial charge is 0.311 e. The lowest BCUT2D eigenvalue weighted by Gasteiger charge is -2.24.